The van der Waals surface area contributed by atoms with Crippen LogP contribution in [0.5, 0.6) is 5.75 Å². The van der Waals surface area contributed by atoms with Gasteiger partial charge in [-0.15, -0.1) is 0 Å². The van der Waals surface area contributed by atoms with Gasteiger partial charge in [0.1, 0.15) is 16.2 Å². The molecule has 1 fully saturated rings. The van der Waals surface area contributed by atoms with Crippen LogP contribution in [0.15, 0.2) is 37.9 Å². The number of hydrogen-bond acceptors (Lipinski definition) is 9. The van der Waals surface area contributed by atoms with Crippen LogP contribution in [0.2, 0.25) is 0 Å². The van der Waals surface area contributed by atoms with Crippen LogP contribution in [0.4, 0.5) is 4.79 Å². The maximum Gasteiger partial charge on any atom is 0.415 e. The first-order chi connectivity index (χ1) is 14.2. The molecule has 2 N–H and O–H groups in total. The number of fused-ring (bicyclic) bond motifs is 1. The van der Waals surface area contributed by atoms with E-state index < -0.39 is 38.9 Å². The lowest BCUT2D eigenvalue weighted by Crippen LogP contribution is -2.32. The monoisotopic (exact) mass is 431 g/mol. The quantitative estimate of drug-likeness (QED) is 0.463. The van der Waals surface area contributed by atoms with E-state index >= 15 is 0 Å². The summed E-state index contributed by atoms with van der Waals surface area (Å²) in [5.74, 6) is -0.933. The molecule has 1 aromatic carbocycles. The fraction of sp³-hybridized carbons (Fsp3) is 0.158. The first-order valence-electron chi connectivity index (χ1n) is 8.52. The Morgan fingerprint density at radius 2 is 1.80 bits per heavy atom. The van der Waals surface area contributed by atoms with E-state index in [0.29, 0.717) is 16.5 Å². The van der Waals surface area contributed by atoms with Crippen molar-refractivity contribution in [2.45, 2.75) is 20.0 Å². The van der Waals surface area contributed by atoms with Gasteiger partial charge in [-0.25, -0.2) is 9.59 Å². The lowest BCUT2D eigenvalue weighted by atomic mass is 10.1. The second-order valence-corrected chi connectivity index (χ2v) is 7.46. The average Bonchev–Trinajstić information content (AvgIpc) is 3.25. The number of amides is 2. The fourth-order valence-electron chi connectivity index (χ4n) is 3.14. The lowest BCUT2D eigenvalue weighted by Gasteiger charge is -2.07. The van der Waals surface area contributed by atoms with Crippen molar-refractivity contribution in [3.05, 3.63) is 51.4 Å². The zero-order valence-corrected chi connectivity index (χ0v) is 16.3. The number of alkyl carbamates (subject to hydrolysis) is 1. The van der Waals surface area contributed by atoms with Gasteiger partial charge in [-0.1, -0.05) is 0 Å². The number of hydrogen-bond donors (Lipinski definition) is 2. The van der Waals surface area contributed by atoms with Crippen molar-refractivity contribution in [3.63, 3.8) is 0 Å². The van der Waals surface area contributed by atoms with E-state index in [-0.39, 0.29) is 28.4 Å². The van der Waals surface area contributed by atoms with E-state index in [1.165, 1.54) is 31.2 Å². The molecule has 0 aliphatic carbocycles. The molecule has 1 aliphatic heterocycles. The van der Waals surface area contributed by atoms with Crippen molar-refractivity contribution in [1.82, 2.24) is 5.32 Å². The van der Waals surface area contributed by atoms with Gasteiger partial charge < -0.3 is 18.7 Å². The van der Waals surface area contributed by atoms with Gasteiger partial charge in [0.2, 0.25) is 16.4 Å². The molecule has 1 saturated heterocycles. The molecule has 1 unspecified atom stereocenters. The summed E-state index contributed by atoms with van der Waals surface area (Å²) >= 11 is 0. The largest absolute Gasteiger partial charge is 0.507 e. The Labute approximate surface area is 169 Å². The first-order valence-corrected chi connectivity index (χ1v) is 9.60. The van der Waals surface area contributed by atoms with Gasteiger partial charge in [-0.2, -0.15) is 8.42 Å². The highest BCUT2D eigenvalue weighted by Gasteiger charge is 2.38. The average molecular weight is 431 g/mol. The van der Waals surface area contributed by atoms with Crippen LogP contribution in [0.25, 0.3) is 22.5 Å². The number of benzene rings is 1. The molecule has 0 bridgehead atoms. The molecular formula is C19H13NO9S. The van der Waals surface area contributed by atoms with Crippen LogP contribution in [-0.2, 0) is 19.8 Å². The van der Waals surface area contributed by atoms with Crippen molar-refractivity contribution in [1.29, 1.82) is 0 Å². The van der Waals surface area contributed by atoms with Gasteiger partial charge in [-0.3, -0.25) is 10.1 Å². The third kappa shape index (κ3) is 3.05. The van der Waals surface area contributed by atoms with E-state index in [4.69, 9.17) is 13.6 Å². The predicted molar refractivity (Wildman–Crippen MR) is 103 cm³/mol. The molecule has 4 rings (SSSR count). The summed E-state index contributed by atoms with van der Waals surface area (Å²) in [5, 5.41) is 12.4. The van der Waals surface area contributed by atoms with E-state index in [2.05, 4.69) is 0 Å². The van der Waals surface area contributed by atoms with Crippen molar-refractivity contribution >= 4 is 38.1 Å². The molecule has 3 aromatic rings. The first kappa shape index (κ1) is 19.5. The summed E-state index contributed by atoms with van der Waals surface area (Å²) in [4.78, 5) is 34.6. The van der Waals surface area contributed by atoms with Gasteiger partial charge in [0, 0.05) is 10.9 Å². The maximum absolute atomic E-state index is 11.9. The molecular weight excluding hydrogens is 418 g/mol. The highest BCUT2D eigenvalue weighted by Crippen LogP contribution is 2.34. The smallest absolute Gasteiger partial charge is 0.415 e. The summed E-state index contributed by atoms with van der Waals surface area (Å²) in [5.41, 5.74) is 0.0911. The van der Waals surface area contributed by atoms with Crippen molar-refractivity contribution < 1.29 is 36.7 Å². The Balaban J connectivity index is 1.84. The van der Waals surface area contributed by atoms with Gasteiger partial charge in [0.25, 0.3) is 5.91 Å². The molecule has 0 saturated carbocycles. The number of aromatic hydroxyl groups is 1. The van der Waals surface area contributed by atoms with E-state index in [9.17, 15) is 27.9 Å². The number of rotatable bonds is 3. The minimum Gasteiger partial charge on any atom is -0.507 e. The molecule has 2 aromatic heterocycles. The van der Waals surface area contributed by atoms with Gasteiger partial charge >= 0.3 is 11.7 Å². The Morgan fingerprint density at radius 3 is 2.43 bits per heavy atom. The Kier molecular flexibility index (Phi) is 4.46. The van der Waals surface area contributed by atoms with Gasteiger partial charge in [-0.05, 0) is 43.7 Å². The van der Waals surface area contributed by atoms with Crippen molar-refractivity contribution in [3.8, 4) is 17.3 Å². The molecule has 1 aliphatic rings. The summed E-state index contributed by atoms with van der Waals surface area (Å²) in [6.45, 7) is 2.98. The zero-order chi connectivity index (χ0) is 21.7. The minimum absolute atomic E-state index is 0.0292. The van der Waals surface area contributed by atoms with Crippen molar-refractivity contribution in [2.75, 3.05) is 0 Å². The van der Waals surface area contributed by atoms with Crippen LogP contribution in [0.3, 0.4) is 0 Å². The number of furan rings is 1. The van der Waals surface area contributed by atoms with Crippen molar-refractivity contribution in [2.24, 2.45) is 0 Å². The molecule has 0 radical (unpaired) electrons. The predicted octanol–water partition coefficient (Wildman–Crippen LogP) is 1.41. The second-order valence-electron chi connectivity index (χ2n) is 6.55. The summed E-state index contributed by atoms with van der Waals surface area (Å²) in [6.07, 6.45) is -2.64. The van der Waals surface area contributed by atoms with Crippen LogP contribution >= 0.6 is 0 Å². The Hall–Kier alpha value is -3.86. The maximum atomic E-state index is 11.9. The van der Waals surface area contributed by atoms with Gasteiger partial charge in [0.15, 0.2) is 11.5 Å². The Bertz CT molecular complexity index is 1430. The second kappa shape index (κ2) is 6.88. The molecule has 154 valence electrons. The SMILES string of the molecule is Cc1c(-c2cc3cc(C(C4OC(=O)NC4=O)=S(=O)=O)ccc3o2)oc(=O)c(C)c1O. The molecule has 2 amide bonds. The summed E-state index contributed by atoms with van der Waals surface area (Å²) < 4.78 is 39.2. The van der Waals surface area contributed by atoms with Crippen LogP contribution in [0, 0.1) is 13.8 Å². The topological polar surface area (TPSA) is 153 Å². The Morgan fingerprint density at radius 1 is 1.07 bits per heavy atom. The lowest BCUT2D eigenvalue weighted by molar-refractivity contribution is -0.121. The number of carbonyl (C=O) groups excluding carboxylic acids is 2. The molecule has 11 heteroatoms. The minimum atomic E-state index is -2.86. The number of nitrogens with one attached hydrogen (secondary N) is 1. The number of imide groups is 1. The van der Waals surface area contributed by atoms with Gasteiger partial charge in [0.05, 0.1) is 5.56 Å². The number of carbonyl (C=O) groups is 2. The highest BCUT2D eigenvalue weighted by molar-refractivity contribution is 7.73. The highest BCUT2D eigenvalue weighted by atomic mass is 32.2. The third-order valence-electron chi connectivity index (χ3n) is 4.68. The molecule has 3 heterocycles. The summed E-state index contributed by atoms with van der Waals surface area (Å²) in [6, 6.07) is 5.76. The number of ether oxygens (including phenoxy) is 1. The summed E-state index contributed by atoms with van der Waals surface area (Å²) in [7, 11) is -2.86. The van der Waals surface area contributed by atoms with E-state index in [1.807, 2.05) is 5.32 Å². The van der Waals surface area contributed by atoms with E-state index in [0.717, 1.165) is 0 Å². The molecule has 1 atom stereocenters. The third-order valence-corrected chi connectivity index (χ3v) is 5.49. The molecule has 30 heavy (non-hydrogen) atoms. The number of cyclic esters (lactones) is 1. The van der Waals surface area contributed by atoms with Crippen LogP contribution < -0.4 is 10.9 Å². The fourth-order valence-corrected chi connectivity index (χ4v) is 3.79. The normalized spacial score (nSPS) is 15.9. The van der Waals surface area contributed by atoms with Crippen LogP contribution in [0.1, 0.15) is 16.7 Å². The standard InChI is InChI=1S/C19H13NO9S/c1-7-13(21)8(2)18(23)28-14(7)12-6-10-5-9(3-4-11(10)27-12)16(30(25)26)15-17(22)20-19(24)29-15/h3-6,15,21H,1-2H3,(H,20,22,24). The molecule has 0 spiro atoms. The zero-order valence-electron chi connectivity index (χ0n) is 15.5. The van der Waals surface area contributed by atoms with E-state index in [1.54, 1.807) is 6.92 Å². The molecule has 10 nitrogen and oxygen atoms in total. The van der Waals surface area contributed by atoms with Crippen LogP contribution in [-0.4, -0.2) is 36.5 Å².